The Balaban J connectivity index is 1.51. The normalized spacial score (nSPS) is 40.1. The molecule has 1 aromatic carbocycles. The summed E-state index contributed by atoms with van der Waals surface area (Å²) < 4.78 is 6.19. The summed E-state index contributed by atoms with van der Waals surface area (Å²) in [5.74, 6) is -2.60. The predicted octanol–water partition coefficient (Wildman–Crippen LogP) is 1.49. The van der Waals surface area contributed by atoms with Gasteiger partial charge in [0.25, 0.3) is 0 Å². The molecule has 1 unspecified atom stereocenters. The summed E-state index contributed by atoms with van der Waals surface area (Å²) in [7, 11) is 0. The molecule has 144 valence electrons. The lowest BCUT2D eigenvalue weighted by atomic mass is 9.73. The van der Waals surface area contributed by atoms with Gasteiger partial charge in [-0.3, -0.25) is 14.4 Å². The Kier molecular flexibility index (Phi) is 3.04. The number of carbonyl (C=O) groups is 3. The van der Waals surface area contributed by atoms with Crippen LogP contribution in [-0.4, -0.2) is 52.1 Å². The average molecular weight is 380 g/mol. The first-order valence-electron chi connectivity index (χ1n) is 9.84. The van der Waals surface area contributed by atoms with Gasteiger partial charge in [-0.15, -0.1) is 0 Å². The minimum absolute atomic E-state index is 0.117. The molecule has 3 saturated heterocycles. The zero-order valence-corrected chi connectivity index (χ0v) is 15.2. The third kappa shape index (κ3) is 1.76. The predicted molar refractivity (Wildman–Crippen MR) is 97.4 cm³/mol. The van der Waals surface area contributed by atoms with E-state index in [0.717, 1.165) is 17.7 Å². The summed E-state index contributed by atoms with van der Waals surface area (Å²) in [4.78, 5) is 41.5. The Bertz CT molecular complexity index is 958. The minimum Gasteiger partial charge on any atom is -0.481 e. The lowest BCUT2D eigenvalue weighted by Gasteiger charge is -2.43. The molecule has 6 atom stereocenters. The molecule has 3 fully saturated rings. The van der Waals surface area contributed by atoms with Crippen LogP contribution in [0.15, 0.2) is 36.4 Å². The van der Waals surface area contributed by atoms with Crippen molar-refractivity contribution in [3.8, 4) is 0 Å². The van der Waals surface area contributed by atoms with Crippen LogP contribution >= 0.6 is 0 Å². The SMILES string of the molecule is O=C(O)[C@H]1[C@H]2C(=O)N3c4ccccc4[C@@H](N4CCCC4=O)CC3[C@]23C=C[C@H]1O3. The Morgan fingerprint density at radius 1 is 1.25 bits per heavy atom. The number of nitrogens with zero attached hydrogens (tertiary/aromatic N) is 2. The summed E-state index contributed by atoms with van der Waals surface area (Å²) in [5, 5.41) is 9.75. The number of benzene rings is 1. The van der Waals surface area contributed by atoms with Crippen molar-refractivity contribution in [3.05, 3.63) is 42.0 Å². The highest BCUT2D eigenvalue weighted by atomic mass is 16.5. The van der Waals surface area contributed by atoms with E-state index in [4.69, 9.17) is 4.74 Å². The number of amides is 2. The summed E-state index contributed by atoms with van der Waals surface area (Å²) in [6.07, 6.45) is 5.10. The fraction of sp³-hybridized carbons (Fsp3) is 0.476. The summed E-state index contributed by atoms with van der Waals surface area (Å²) in [6.45, 7) is 0.714. The molecule has 0 saturated carbocycles. The number of hydrogen-bond acceptors (Lipinski definition) is 4. The van der Waals surface area contributed by atoms with Crippen LogP contribution in [0.5, 0.6) is 0 Å². The first-order valence-corrected chi connectivity index (χ1v) is 9.84. The number of fused-ring (bicyclic) bond motifs is 4. The molecule has 6 rings (SSSR count). The summed E-state index contributed by atoms with van der Waals surface area (Å²) >= 11 is 0. The Morgan fingerprint density at radius 2 is 2.07 bits per heavy atom. The number of ether oxygens (including phenoxy) is 1. The number of rotatable bonds is 2. The van der Waals surface area contributed by atoms with Gasteiger partial charge in [0, 0.05) is 18.7 Å². The van der Waals surface area contributed by atoms with Gasteiger partial charge in [0.2, 0.25) is 11.8 Å². The van der Waals surface area contributed by atoms with Crippen molar-refractivity contribution in [1.29, 1.82) is 0 Å². The quantitative estimate of drug-likeness (QED) is 0.786. The molecule has 5 heterocycles. The van der Waals surface area contributed by atoms with Gasteiger partial charge in [-0.2, -0.15) is 0 Å². The maximum absolute atomic E-state index is 13.4. The number of carboxylic acid groups (broad SMARTS) is 1. The average Bonchev–Trinajstić information content (AvgIpc) is 3.43. The molecule has 2 bridgehead atoms. The van der Waals surface area contributed by atoms with Crippen molar-refractivity contribution in [3.63, 3.8) is 0 Å². The van der Waals surface area contributed by atoms with E-state index in [0.29, 0.717) is 19.4 Å². The van der Waals surface area contributed by atoms with Crippen molar-refractivity contribution in [2.75, 3.05) is 11.4 Å². The van der Waals surface area contributed by atoms with Gasteiger partial charge >= 0.3 is 5.97 Å². The van der Waals surface area contributed by atoms with Crippen LogP contribution < -0.4 is 4.90 Å². The topological polar surface area (TPSA) is 87.2 Å². The van der Waals surface area contributed by atoms with Gasteiger partial charge in [-0.05, 0) is 24.5 Å². The largest absolute Gasteiger partial charge is 0.481 e. The number of likely N-dealkylation sites (tertiary alicyclic amines) is 1. The lowest BCUT2D eigenvalue weighted by molar-refractivity contribution is -0.146. The van der Waals surface area contributed by atoms with E-state index in [2.05, 4.69) is 0 Å². The Hall–Kier alpha value is -2.67. The maximum atomic E-state index is 13.4. The number of hydrogen-bond donors (Lipinski definition) is 1. The van der Waals surface area contributed by atoms with Crippen LogP contribution in [-0.2, 0) is 19.1 Å². The van der Waals surface area contributed by atoms with E-state index in [1.165, 1.54) is 0 Å². The third-order valence-electron chi connectivity index (χ3n) is 7.19. The number of para-hydroxylation sites is 1. The van der Waals surface area contributed by atoms with Crippen LogP contribution in [0, 0.1) is 11.8 Å². The zero-order chi connectivity index (χ0) is 19.2. The number of aliphatic carboxylic acids is 1. The van der Waals surface area contributed by atoms with E-state index >= 15 is 0 Å². The highest BCUT2D eigenvalue weighted by Gasteiger charge is 2.72. The fourth-order valence-corrected chi connectivity index (χ4v) is 6.13. The molecule has 5 aliphatic rings. The lowest BCUT2D eigenvalue weighted by Crippen LogP contribution is -2.50. The highest BCUT2D eigenvalue weighted by Crippen LogP contribution is 2.59. The van der Waals surface area contributed by atoms with E-state index in [9.17, 15) is 19.5 Å². The fourth-order valence-electron chi connectivity index (χ4n) is 6.13. The Morgan fingerprint density at radius 3 is 2.82 bits per heavy atom. The van der Waals surface area contributed by atoms with E-state index in [-0.39, 0.29) is 23.9 Å². The standard InChI is InChI=1S/C21H20N2O5/c24-16-6-3-9-22(16)13-10-15-21-8-7-14(28-21)17(20(26)27)18(21)19(25)23(15)12-5-2-1-4-11(12)13/h1-2,4-5,7-8,13-15,17-18H,3,6,9-10H2,(H,26,27)/t13-,14+,15?,17+,18-,21+/m0/s1. The molecule has 1 spiro atoms. The van der Waals surface area contributed by atoms with Crippen molar-refractivity contribution in [2.24, 2.45) is 11.8 Å². The van der Waals surface area contributed by atoms with Gasteiger partial charge in [-0.25, -0.2) is 0 Å². The van der Waals surface area contributed by atoms with Crippen molar-refractivity contribution in [1.82, 2.24) is 4.90 Å². The zero-order valence-electron chi connectivity index (χ0n) is 15.2. The van der Waals surface area contributed by atoms with Gasteiger partial charge < -0.3 is 19.6 Å². The van der Waals surface area contributed by atoms with Gasteiger partial charge in [0.05, 0.1) is 24.1 Å². The molecular weight excluding hydrogens is 360 g/mol. The van der Waals surface area contributed by atoms with Crippen LogP contribution in [0.4, 0.5) is 5.69 Å². The van der Waals surface area contributed by atoms with Crippen molar-refractivity contribution >= 4 is 23.5 Å². The second-order valence-corrected chi connectivity index (χ2v) is 8.36. The molecule has 7 heteroatoms. The molecule has 1 aromatic rings. The van der Waals surface area contributed by atoms with E-state index in [1.807, 2.05) is 35.2 Å². The smallest absolute Gasteiger partial charge is 0.310 e. The van der Waals surface area contributed by atoms with Crippen LogP contribution in [0.2, 0.25) is 0 Å². The van der Waals surface area contributed by atoms with Crippen molar-refractivity contribution < 1.29 is 24.2 Å². The molecule has 0 aliphatic carbocycles. The number of carboxylic acids is 1. The van der Waals surface area contributed by atoms with Crippen LogP contribution in [0.3, 0.4) is 0 Å². The first-order chi connectivity index (χ1) is 13.5. The van der Waals surface area contributed by atoms with Crippen LogP contribution in [0.25, 0.3) is 0 Å². The number of carbonyl (C=O) groups excluding carboxylic acids is 2. The molecule has 5 aliphatic heterocycles. The molecule has 7 nitrogen and oxygen atoms in total. The van der Waals surface area contributed by atoms with Gasteiger partial charge in [-0.1, -0.05) is 30.4 Å². The maximum Gasteiger partial charge on any atom is 0.310 e. The van der Waals surface area contributed by atoms with Gasteiger partial charge in [0.1, 0.15) is 11.5 Å². The summed E-state index contributed by atoms with van der Waals surface area (Å²) in [5.41, 5.74) is 0.824. The van der Waals surface area contributed by atoms with Crippen LogP contribution in [0.1, 0.15) is 30.9 Å². The van der Waals surface area contributed by atoms with E-state index in [1.54, 1.807) is 11.0 Å². The minimum atomic E-state index is -0.992. The highest BCUT2D eigenvalue weighted by molar-refractivity contribution is 6.04. The molecule has 0 aromatic heterocycles. The molecule has 2 amide bonds. The molecule has 0 radical (unpaired) electrons. The van der Waals surface area contributed by atoms with Crippen molar-refractivity contribution in [2.45, 2.75) is 43.1 Å². The van der Waals surface area contributed by atoms with E-state index < -0.39 is 29.5 Å². The second-order valence-electron chi connectivity index (χ2n) is 8.36. The number of anilines is 1. The molecular formula is C21H20N2O5. The van der Waals surface area contributed by atoms with Gasteiger partial charge in [0.15, 0.2) is 0 Å². The third-order valence-corrected chi connectivity index (χ3v) is 7.19. The summed E-state index contributed by atoms with van der Waals surface area (Å²) in [6, 6.07) is 7.26. The Labute approximate surface area is 161 Å². The monoisotopic (exact) mass is 380 g/mol. The molecule has 1 N–H and O–H groups in total. The second kappa shape index (κ2) is 5.23. The molecule has 28 heavy (non-hydrogen) atoms. The first kappa shape index (κ1) is 16.3.